The third kappa shape index (κ3) is 2.86. The number of nitrogens with one attached hydrogen (secondary N) is 3. The molecule has 0 saturated carbocycles. The van der Waals surface area contributed by atoms with Gasteiger partial charge >= 0.3 is 0 Å². The van der Waals surface area contributed by atoms with Crippen molar-refractivity contribution in [1.29, 1.82) is 0 Å². The molecule has 7 nitrogen and oxygen atoms in total. The molecule has 0 atom stereocenters. The number of methoxy groups -OCH3 is 1. The van der Waals surface area contributed by atoms with Crippen molar-refractivity contribution in [1.82, 2.24) is 15.2 Å². The fourth-order valence-corrected chi connectivity index (χ4v) is 1.41. The summed E-state index contributed by atoms with van der Waals surface area (Å²) < 4.78 is 5.33. The molecule has 94 valence electrons. The van der Waals surface area contributed by atoms with Gasteiger partial charge in [0.2, 0.25) is 10.7 Å². The number of anilines is 1. The van der Waals surface area contributed by atoms with Crippen molar-refractivity contribution in [2.75, 3.05) is 12.5 Å². The number of aromatic nitrogens is 3. The number of phenols is 1. The van der Waals surface area contributed by atoms with Crippen LogP contribution in [-0.2, 0) is 0 Å². The molecule has 2 aromatic rings. The van der Waals surface area contributed by atoms with Gasteiger partial charge in [0.15, 0.2) is 11.5 Å². The topological polar surface area (TPSA) is 98.3 Å². The van der Waals surface area contributed by atoms with Gasteiger partial charge in [-0.15, -0.1) is 0 Å². The zero-order chi connectivity index (χ0) is 13.0. The average molecular weight is 265 g/mol. The van der Waals surface area contributed by atoms with Crippen LogP contribution in [-0.4, -0.2) is 33.6 Å². The van der Waals surface area contributed by atoms with Crippen molar-refractivity contribution in [3.05, 3.63) is 28.5 Å². The van der Waals surface area contributed by atoms with E-state index in [-0.39, 0.29) is 5.75 Å². The van der Waals surface area contributed by atoms with Gasteiger partial charge in [0.05, 0.1) is 13.3 Å². The Hall–Kier alpha value is -2.35. The fourth-order valence-electron chi connectivity index (χ4n) is 1.27. The van der Waals surface area contributed by atoms with Crippen LogP contribution in [0.4, 0.5) is 5.95 Å². The largest absolute Gasteiger partial charge is 0.504 e. The second kappa shape index (κ2) is 5.32. The van der Waals surface area contributed by atoms with E-state index in [1.54, 1.807) is 18.3 Å². The smallest absolute Gasteiger partial charge is 0.238 e. The van der Waals surface area contributed by atoms with E-state index in [1.165, 1.54) is 13.2 Å². The van der Waals surface area contributed by atoms with Gasteiger partial charge in [-0.05, 0) is 36.0 Å². The normalized spacial score (nSPS) is 10.7. The van der Waals surface area contributed by atoms with Gasteiger partial charge < -0.3 is 9.84 Å². The molecule has 1 heterocycles. The molecule has 0 amide bonds. The zero-order valence-electron chi connectivity index (χ0n) is 9.47. The Morgan fingerprint density at radius 2 is 2.33 bits per heavy atom. The van der Waals surface area contributed by atoms with Crippen LogP contribution >= 0.6 is 12.2 Å². The second-order valence-corrected chi connectivity index (χ2v) is 3.70. The van der Waals surface area contributed by atoms with Crippen molar-refractivity contribution < 1.29 is 9.84 Å². The highest BCUT2D eigenvalue weighted by Crippen LogP contribution is 2.25. The van der Waals surface area contributed by atoms with Gasteiger partial charge in [-0.2, -0.15) is 10.1 Å². The molecular formula is C10H11N5O2S. The van der Waals surface area contributed by atoms with E-state index in [2.05, 4.69) is 25.7 Å². The van der Waals surface area contributed by atoms with Crippen LogP contribution in [0.1, 0.15) is 5.56 Å². The molecule has 0 fully saturated rings. The highest BCUT2D eigenvalue weighted by molar-refractivity contribution is 7.71. The average Bonchev–Trinajstić information content (AvgIpc) is 2.77. The number of rotatable bonds is 4. The van der Waals surface area contributed by atoms with Crippen LogP contribution in [0.25, 0.3) is 0 Å². The van der Waals surface area contributed by atoms with E-state index in [1.807, 2.05) is 0 Å². The summed E-state index contributed by atoms with van der Waals surface area (Å²) in [6.07, 6.45) is 1.56. The molecule has 18 heavy (non-hydrogen) atoms. The minimum absolute atomic E-state index is 0.0824. The molecule has 2 rings (SSSR count). The van der Waals surface area contributed by atoms with Crippen LogP contribution in [0.2, 0.25) is 0 Å². The maximum absolute atomic E-state index is 9.43. The number of ether oxygens (including phenoxy) is 1. The lowest BCUT2D eigenvalue weighted by atomic mass is 10.2. The number of nitrogens with zero attached hydrogens (tertiary/aromatic N) is 2. The number of hydrazone groups is 1. The third-order valence-electron chi connectivity index (χ3n) is 2.09. The van der Waals surface area contributed by atoms with Gasteiger partial charge in [0.25, 0.3) is 0 Å². The molecule has 0 unspecified atom stereocenters. The lowest BCUT2D eigenvalue weighted by Crippen LogP contribution is -1.93. The molecule has 0 aliphatic carbocycles. The molecular weight excluding hydrogens is 254 g/mol. The summed E-state index contributed by atoms with van der Waals surface area (Å²) in [6, 6.07) is 4.89. The molecule has 0 aliphatic rings. The zero-order valence-corrected chi connectivity index (χ0v) is 10.3. The number of aromatic amines is 2. The van der Waals surface area contributed by atoms with Crippen molar-refractivity contribution in [3.8, 4) is 11.5 Å². The molecule has 0 radical (unpaired) electrons. The standard InChI is InChI=1S/C10H11N5O2S/c1-17-8-4-6(2-3-7(8)16)5-11-13-9-12-10(18)15-14-9/h2-5,16H,1H3,(H3,12,13,14,15,18). The van der Waals surface area contributed by atoms with Crippen LogP contribution in [0.15, 0.2) is 23.3 Å². The third-order valence-corrected chi connectivity index (χ3v) is 2.28. The maximum atomic E-state index is 9.43. The van der Waals surface area contributed by atoms with Crippen LogP contribution in [0, 0.1) is 4.77 Å². The monoisotopic (exact) mass is 265 g/mol. The van der Waals surface area contributed by atoms with E-state index in [4.69, 9.17) is 17.0 Å². The first kappa shape index (κ1) is 12.1. The first-order valence-corrected chi connectivity index (χ1v) is 5.40. The first-order valence-electron chi connectivity index (χ1n) is 5.00. The molecule has 0 saturated heterocycles. The number of hydrogen-bond donors (Lipinski definition) is 4. The Labute approximate surface area is 108 Å². The number of H-pyrrole nitrogens is 2. The summed E-state index contributed by atoms with van der Waals surface area (Å²) in [5, 5.41) is 18.7. The Kier molecular flexibility index (Phi) is 3.58. The SMILES string of the molecule is COc1cc(C=NNc2nc(=S)[nH][nH]2)ccc1O. The highest BCUT2D eigenvalue weighted by atomic mass is 32.1. The summed E-state index contributed by atoms with van der Waals surface area (Å²) >= 11 is 4.79. The Balaban J connectivity index is 2.07. The lowest BCUT2D eigenvalue weighted by Gasteiger charge is -2.03. The predicted octanol–water partition coefficient (Wildman–Crippen LogP) is 1.63. The van der Waals surface area contributed by atoms with Crippen LogP contribution in [0.3, 0.4) is 0 Å². The quantitative estimate of drug-likeness (QED) is 0.382. The maximum Gasteiger partial charge on any atom is 0.238 e. The predicted molar refractivity (Wildman–Crippen MR) is 69.6 cm³/mol. The van der Waals surface area contributed by atoms with E-state index in [0.717, 1.165) is 5.56 Å². The summed E-state index contributed by atoms with van der Waals surface area (Å²) in [5.74, 6) is 0.888. The Morgan fingerprint density at radius 1 is 1.50 bits per heavy atom. The van der Waals surface area contributed by atoms with Crippen LogP contribution < -0.4 is 10.2 Å². The van der Waals surface area contributed by atoms with Gasteiger partial charge in [-0.3, -0.25) is 10.2 Å². The van der Waals surface area contributed by atoms with E-state index < -0.39 is 0 Å². The minimum atomic E-state index is 0.0824. The second-order valence-electron chi connectivity index (χ2n) is 3.32. The van der Waals surface area contributed by atoms with Crippen molar-refractivity contribution in [2.45, 2.75) is 0 Å². The van der Waals surface area contributed by atoms with Crippen molar-refractivity contribution in [2.24, 2.45) is 5.10 Å². The lowest BCUT2D eigenvalue weighted by molar-refractivity contribution is 0.373. The summed E-state index contributed by atoms with van der Waals surface area (Å²) in [6.45, 7) is 0. The summed E-state index contributed by atoms with van der Waals surface area (Å²) in [4.78, 5) is 3.90. The van der Waals surface area contributed by atoms with Crippen molar-refractivity contribution in [3.63, 3.8) is 0 Å². The van der Waals surface area contributed by atoms with E-state index in [9.17, 15) is 5.11 Å². The van der Waals surface area contributed by atoms with E-state index in [0.29, 0.717) is 16.5 Å². The Morgan fingerprint density at radius 3 is 3.00 bits per heavy atom. The molecule has 0 bridgehead atoms. The van der Waals surface area contributed by atoms with E-state index >= 15 is 0 Å². The van der Waals surface area contributed by atoms with Gasteiger partial charge in [0.1, 0.15) is 0 Å². The number of benzene rings is 1. The van der Waals surface area contributed by atoms with Gasteiger partial charge in [-0.1, -0.05) is 0 Å². The van der Waals surface area contributed by atoms with Gasteiger partial charge in [-0.25, -0.2) is 5.43 Å². The van der Waals surface area contributed by atoms with Gasteiger partial charge in [0, 0.05) is 0 Å². The molecule has 0 spiro atoms. The molecule has 8 heteroatoms. The van der Waals surface area contributed by atoms with Crippen molar-refractivity contribution >= 4 is 24.4 Å². The summed E-state index contributed by atoms with van der Waals surface area (Å²) in [7, 11) is 1.48. The number of phenolic OH excluding ortho intramolecular Hbond substituents is 1. The number of aromatic hydroxyl groups is 1. The highest BCUT2D eigenvalue weighted by Gasteiger charge is 2.00. The number of hydrogen-bond acceptors (Lipinski definition) is 6. The van der Waals surface area contributed by atoms with Crippen LogP contribution in [0.5, 0.6) is 11.5 Å². The summed E-state index contributed by atoms with van der Waals surface area (Å²) in [5.41, 5.74) is 3.44. The minimum Gasteiger partial charge on any atom is -0.504 e. The Bertz CT molecular complexity index is 619. The first-order chi connectivity index (χ1) is 8.69. The molecule has 1 aromatic carbocycles. The molecule has 1 aromatic heterocycles. The molecule has 0 aliphatic heterocycles. The fraction of sp³-hybridized carbons (Fsp3) is 0.100. The molecule has 4 N–H and O–H groups in total.